The molecule has 108 valence electrons. The van der Waals surface area contributed by atoms with Gasteiger partial charge in [0, 0.05) is 18.4 Å². The minimum Gasteiger partial charge on any atom is -0.493 e. The second-order valence-electron chi connectivity index (χ2n) is 6.29. The van der Waals surface area contributed by atoms with Gasteiger partial charge in [0.2, 0.25) is 0 Å². The molecule has 0 amide bonds. The number of nitrogens with zero attached hydrogens (tertiary/aromatic N) is 1. The lowest BCUT2D eigenvalue weighted by atomic mass is 10.1. The van der Waals surface area contributed by atoms with E-state index in [9.17, 15) is 0 Å². The maximum atomic E-state index is 8.78. The third-order valence-electron chi connectivity index (χ3n) is 3.76. The molecule has 0 heterocycles. The largest absolute Gasteiger partial charge is 0.493 e. The predicted octanol–water partition coefficient (Wildman–Crippen LogP) is 3.50. The third kappa shape index (κ3) is 4.54. The van der Waals surface area contributed by atoms with Crippen molar-refractivity contribution in [3.05, 3.63) is 29.8 Å². The third-order valence-corrected chi connectivity index (χ3v) is 3.76. The Kier molecular flexibility index (Phi) is 5.03. The van der Waals surface area contributed by atoms with E-state index in [1.807, 2.05) is 12.1 Å². The van der Waals surface area contributed by atoms with Crippen molar-refractivity contribution >= 4 is 0 Å². The van der Waals surface area contributed by atoms with E-state index in [0.29, 0.717) is 18.9 Å². The molecule has 0 spiro atoms. The van der Waals surface area contributed by atoms with Crippen LogP contribution in [0.2, 0.25) is 0 Å². The van der Waals surface area contributed by atoms with Crippen LogP contribution < -0.4 is 10.1 Å². The fraction of sp³-hybridized carbons (Fsp3) is 0.588. The maximum Gasteiger partial charge on any atom is 0.119 e. The van der Waals surface area contributed by atoms with Gasteiger partial charge in [0.05, 0.1) is 12.7 Å². The summed E-state index contributed by atoms with van der Waals surface area (Å²) in [6.45, 7) is 7.02. The van der Waals surface area contributed by atoms with Gasteiger partial charge in [0.15, 0.2) is 0 Å². The van der Waals surface area contributed by atoms with E-state index in [-0.39, 0.29) is 5.41 Å². The zero-order valence-electron chi connectivity index (χ0n) is 12.5. The normalized spacial score (nSPS) is 15.9. The first-order valence-electron chi connectivity index (χ1n) is 7.43. The van der Waals surface area contributed by atoms with Crippen LogP contribution in [0.5, 0.6) is 5.75 Å². The average Bonchev–Trinajstić information content (AvgIpc) is 3.18. The van der Waals surface area contributed by atoms with Crippen molar-refractivity contribution in [2.24, 2.45) is 11.3 Å². The Bertz CT molecular complexity index is 455. The minimum atomic E-state index is 0.145. The summed E-state index contributed by atoms with van der Waals surface area (Å²) in [7, 11) is 0. The summed E-state index contributed by atoms with van der Waals surface area (Å²) in [5, 5.41) is 12.2. The number of benzene rings is 1. The molecule has 1 N–H and O–H groups in total. The molecular formula is C17H24N2O. The molecule has 1 aliphatic rings. The molecule has 1 aliphatic carbocycles. The topological polar surface area (TPSA) is 45.0 Å². The first-order valence-corrected chi connectivity index (χ1v) is 7.43. The summed E-state index contributed by atoms with van der Waals surface area (Å²) >= 11 is 0. The van der Waals surface area contributed by atoms with Gasteiger partial charge in [-0.1, -0.05) is 26.0 Å². The van der Waals surface area contributed by atoms with Gasteiger partial charge in [-0.05, 0) is 43.0 Å². The molecule has 3 heteroatoms. The van der Waals surface area contributed by atoms with Crippen LogP contribution in [0.4, 0.5) is 0 Å². The summed E-state index contributed by atoms with van der Waals surface area (Å²) in [6, 6.07) is 10.5. The van der Waals surface area contributed by atoms with E-state index in [1.165, 1.54) is 5.56 Å². The lowest BCUT2D eigenvalue weighted by molar-refractivity contribution is 0.237. The Morgan fingerprint density at radius 3 is 2.55 bits per heavy atom. The second kappa shape index (κ2) is 6.76. The minimum absolute atomic E-state index is 0.145. The lowest BCUT2D eigenvalue weighted by Crippen LogP contribution is -2.18. The SMILES string of the molecule is CC(C)CNCc1ccc(OCC2(CC#N)CC2)cc1. The molecule has 0 aliphatic heterocycles. The van der Waals surface area contributed by atoms with Crippen LogP contribution in [0.25, 0.3) is 0 Å². The zero-order chi connectivity index (χ0) is 14.4. The second-order valence-corrected chi connectivity index (χ2v) is 6.29. The van der Waals surface area contributed by atoms with Crippen molar-refractivity contribution in [3.8, 4) is 11.8 Å². The Balaban J connectivity index is 1.76. The first-order chi connectivity index (χ1) is 9.63. The van der Waals surface area contributed by atoms with Crippen molar-refractivity contribution in [1.82, 2.24) is 5.32 Å². The van der Waals surface area contributed by atoms with Crippen molar-refractivity contribution in [3.63, 3.8) is 0 Å². The average molecular weight is 272 g/mol. The van der Waals surface area contributed by atoms with Crippen molar-refractivity contribution in [2.75, 3.05) is 13.2 Å². The van der Waals surface area contributed by atoms with E-state index in [1.54, 1.807) is 0 Å². The van der Waals surface area contributed by atoms with Crippen molar-refractivity contribution < 1.29 is 4.74 Å². The quantitative estimate of drug-likeness (QED) is 0.787. The number of hydrogen-bond acceptors (Lipinski definition) is 3. The maximum absolute atomic E-state index is 8.78. The molecule has 3 nitrogen and oxygen atoms in total. The van der Waals surface area contributed by atoms with Crippen LogP contribution in [0.15, 0.2) is 24.3 Å². The van der Waals surface area contributed by atoms with Crippen LogP contribution >= 0.6 is 0 Å². The summed E-state index contributed by atoms with van der Waals surface area (Å²) in [5.74, 6) is 1.58. The monoisotopic (exact) mass is 272 g/mol. The first kappa shape index (κ1) is 14.9. The standard InChI is InChI=1S/C17H24N2O/c1-14(2)11-19-12-15-3-5-16(6-4-15)20-13-17(7-8-17)9-10-18/h3-6,14,19H,7-9,11-13H2,1-2H3. The van der Waals surface area contributed by atoms with Gasteiger partial charge in [-0.2, -0.15) is 5.26 Å². The highest BCUT2D eigenvalue weighted by molar-refractivity contribution is 5.27. The Hall–Kier alpha value is -1.53. The molecule has 0 saturated heterocycles. The van der Waals surface area contributed by atoms with Gasteiger partial charge < -0.3 is 10.1 Å². The lowest BCUT2D eigenvalue weighted by Gasteiger charge is -2.13. The molecule has 1 aromatic carbocycles. The van der Waals surface area contributed by atoms with Crippen LogP contribution in [-0.2, 0) is 6.54 Å². The van der Waals surface area contributed by atoms with E-state index >= 15 is 0 Å². The molecule has 0 radical (unpaired) electrons. The molecule has 20 heavy (non-hydrogen) atoms. The highest BCUT2D eigenvalue weighted by atomic mass is 16.5. The fourth-order valence-electron chi connectivity index (χ4n) is 2.16. The van der Waals surface area contributed by atoms with Crippen LogP contribution in [0.1, 0.15) is 38.7 Å². The Morgan fingerprint density at radius 2 is 2.00 bits per heavy atom. The van der Waals surface area contributed by atoms with Crippen molar-refractivity contribution in [1.29, 1.82) is 5.26 Å². The number of nitriles is 1. The summed E-state index contributed by atoms with van der Waals surface area (Å²) in [6.07, 6.45) is 2.86. The van der Waals surface area contributed by atoms with Crippen LogP contribution in [0, 0.1) is 22.7 Å². The predicted molar refractivity (Wildman–Crippen MR) is 80.4 cm³/mol. The Morgan fingerprint density at radius 1 is 1.30 bits per heavy atom. The van der Waals surface area contributed by atoms with Gasteiger partial charge >= 0.3 is 0 Å². The fourth-order valence-corrected chi connectivity index (χ4v) is 2.16. The summed E-state index contributed by atoms with van der Waals surface area (Å²) in [5.41, 5.74) is 1.42. The highest BCUT2D eigenvalue weighted by Crippen LogP contribution is 2.48. The number of rotatable bonds is 8. The molecule has 1 fully saturated rings. The molecule has 0 aromatic heterocycles. The highest BCUT2D eigenvalue weighted by Gasteiger charge is 2.43. The molecule has 1 saturated carbocycles. The Labute approximate surface area is 121 Å². The molecule has 2 rings (SSSR count). The van der Waals surface area contributed by atoms with Crippen molar-refractivity contribution in [2.45, 2.75) is 39.7 Å². The number of ether oxygens (including phenoxy) is 1. The zero-order valence-corrected chi connectivity index (χ0v) is 12.5. The van der Waals surface area contributed by atoms with Crippen LogP contribution in [-0.4, -0.2) is 13.2 Å². The summed E-state index contributed by atoms with van der Waals surface area (Å²) in [4.78, 5) is 0. The molecule has 1 aromatic rings. The smallest absolute Gasteiger partial charge is 0.119 e. The van der Waals surface area contributed by atoms with E-state index < -0.39 is 0 Å². The van der Waals surface area contributed by atoms with E-state index in [0.717, 1.165) is 31.7 Å². The van der Waals surface area contributed by atoms with Crippen LogP contribution in [0.3, 0.4) is 0 Å². The van der Waals surface area contributed by atoms with E-state index in [4.69, 9.17) is 10.00 Å². The molecule has 0 atom stereocenters. The van der Waals surface area contributed by atoms with E-state index in [2.05, 4.69) is 37.4 Å². The molecule has 0 unspecified atom stereocenters. The number of nitrogens with one attached hydrogen (secondary N) is 1. The van der Waals surface area contributed by atoms with Gasteiger partial charge in [-0.3, -0.25) is 0 Å². The van der Waals surface area contributed by atoms with Gasteiger partial charge in [0.1, 0.15) is 5.75 Å². The van der Waals surface area contributed by atoms with Gasteiger partial charge in [-0.25, -0.2) is 0 Å². The number of hydrogen-bond donors (Lipinski definition) is 1. The summed E-state index contributed by atoms with van der Waals surface area (Å²) < 4.78 is 5.81. The van der Waals surface area contributed by atoms with Gasteiger partial charge in [-0.15, -0.1) is 0 Å². The molecular weight excluding hydrogens is 248 g/mol. The molecule has 0 bridgehead atoms. The van der Waals surface area contributed by atoms with Gasteiger partial charge in [0.25, 0.3) is 0 Å².